The molecule has 0 radical (unpaired) electrons. The molecule has 244 valence electrons. The number of rotatable bonds is 9. The molecule has 2 heterocycles. The Morgan fingerprint density at radius 2 is 1.61 bits per heavy atom. The van der Waals surface area contributed by atoms with Crippen molar-refractivity contribution in [2.45, 2.75) is 64.1 Å². The summed E-state index contributed by atoms with van der Waals surface area (Å²) in [6, 6.07) is 23.0. The Hall–Kier alpha value is -4.04. The average Bonchev–Trinajstić information content (AvgIpc) is 3.06. The first-order valence-corrected chi connectivity index (χ1v) is 16.8. The maximum Gasteiger partial charge on any atom is 0.236 e. The first kappa shape index (κ1) is 31.9. The van der Waals surface area contributed by atoms with Gasteiger partial charge in [0, 0.05) is 51.1 Å². The van der Waals surface area contributed by atoms with Crippen LogP contribution in [0.2, 0.25) is 0 Å². The van der Waals surface area contributed by atoms with Crippen molar-refractivity contribution in [1.82, 2.24) is 9.80 Å². The number of carbonyl (C=O) groups excluding carboxylic acids is 2. The highest BCUT2D eigenvalue weighted by molar-refractivity contribution is 5.98. The van der Waals surface area contributed by atoms with Crippen LogP contribution in [0.4, 0.5) is 11.4 Å². The van der Waals surface area contributed by atoms with Gasteiger partial charge in [0.25, 0.3) is 0 Å². The third-order valence-electron chi connectivity index (χ3n) is 9.99. The summed E-state index contributed by atoms with van der Waals surface area (Å²) in [5, 5.41) is 0. The van der Waals surface area contributed by atoms with E-state index in [-0.39, 0.29) is 24.0 Å². The van der Waals surface area contributed by atoms with Gasteiger partial charge in [0.05, 0.1) is 32.2 Å². The number of anilines is 2. The third-order valence-corrected chi connectivity index (χ3v) is 9.99. The van der Waals surface area contributed by atoms with Crippen molar-refractivity contribution in [1.29, 1.82) is 0 Å². The molecule has 1 aliphatic carbocycles. The molecule has 0 aromatic heterocycles. The van der Waals surface area contributed by atoms with Gasteiger partial charge in [-0.2, -0.15) is 0 Å². The second-order valence-electron chi connectivity index (χ2n) is 13.5. The van der Waals surface area contributed by atoms with Crippen LogP contribution in [0.5, 0.6) is 11.5 Å². The average molecular weight is 625 g/mol. The van der Waals surface area contributed by atoms with Crippen molar-refractivity contribution in [3.8, 4) is 11.5 Å². The van der Waals surface area contributed by atoms with Crippen molar-refractivity contribution in [3.05, 3.63) is 83.4 Å². The van der Waals surface area contributed by atoms with Gasteiger partial charge in [0.15, 0.2) is 11.5 Å². The van der Waals surface area contributed by atoms with E-state index in [1.54, 1.807) is 7.11 Å². The first-order valence-electron chi connectivity index (χ1n) is 16.8. The molecular formula is C38H48N4O4. The maximum absolute atomic E-state index is 13.9. The lowest BCUT2D eigenvalue weighted by Gasteiger charge is -2.41. The molecule has 46 heavy (non-hydrogen) atoms. The van der Waals surface area contributed by atoms with Crippen LogP contribution in [0.25, 0.3) is 0 Å². The standard InChI is InChI=1S/C38H48N4O4/c1-26(2)46-35-23-33-29(21-34(35)45-5)22-36(43)42(38(33)28-9-7-6-8-10-28)32-17-15-30(16-18-32)40(4)24-27-11-13-31(14-12-27)41-20-19-39(3)37(44)25-41/h6-10,15-18,21,23,26-27,31,38H,11-14,19-20,22,24-25H2,1-5H3/t27?,31?,38-/m0/s1. The second-order valence-corrected chi connectivity index (χ2v) is 13.5. The summed E-state index contributed by atoms with van der Waals surface area (Å²) in [7, 11) is 5.71. The third kappa shape index (κ3) is 6.73. The van der Waals surface area contributed by atoms with Crippen molar-refractivity contribution in [2.24, 2.45) is 5.92 Å². The van der Waals surface area contributed by atoms with Gasteiger partial charge in [0.1, 0.15) is 0 Å². The lowest BCUT2D eigenvalue weighted by atomic mass is 9.84. The Bertz CT molecular complexity index is 1520. The van der Waals surface area contributed by atoms with Gasteiger partial charge in [-0.3, -0.25) is 14.5 Å². The van der Waals surface area contributed by atoms with E-state index in [4.69, 9.17) is 9.47 Å². The number of hydrogen-bond donors (Lipinski definition) is 0. The fraction of sp³-hybridized carbons (Fsp3) is 0.474. The summed E-state index contributed by atoms with van der Waals surface area (Å²) in [5.74, 6) is 2.27. The molecule has 2 aliphatic heterocycles. The van der Waals surface area contributed by atoms with Crippen LogP contribution in [0, 0.1) is 5.92 Å². The summed E-state index contributed by atoms with van der Waals surface area (Å²) in [6.45, 7) is 7.39. The minimum absolute atomic E-state index is 0.00866. The van der Waals surface area contributed by atoms with Crippen LogP contribution in [-0.4, -0.2) is 81.1 Å². The molecule has 6 rings (SSSR count). The Kier molecular flexibility index (Phi) is 9.54. The van der Waals surface area contributed by atoms with E-state index in [2.05, 4.69) is 59.3 Å². The highest BCUT2D eigenvalue weighted by Gasteiger charge is 2.36. The largest absolute Gasteiger partial charge is 0.493 e. The normalized spacial score (nSPS) is 22.2. The lowest BCUT2D eigenvalue weighted by Crippen LogP contribution is -2.53. The summed E-state index contributed by atoms with van der Waals surface area (Å²) < 4.78 is 11.8. The molecule has 3 aromatic carbocycles. The van der Waals surface area contributed by atoms with Crippen molar-refractivity contribution in [2.75, 3.05) is 57.2 Å². The molecule has 2 fully saturated rings. The summed E-state index contributed by atoms with van der Waals surface area (Å²) >= 11 is 0. The Morgan fingerprint density at radius 3 is 2.26 bits per heavy atom. The highest BCUT2D eigenvalue weighted by atomic mass is 16.5. The van der Waals surface area contributed by atoms with Crippen LogP contribution in [0.1, 0.15) is 62.3 Å². The zero-order valence-corrected chi connectivity index (χ0v) is 27.9. The Morgan fingerprint density at radius 1 is 0.891 bits per heavy atom. The van der Waals surface area contributed by atoms with Crippen molar-refractivity contribution < 1.29 is 19.1 Å². The van der Waals surface area contributed by atoms with Gasteiger partial charge < -0.3 is 24.2 Å². The number of likely N-dealkylation sites (N-methyl/N-ethyl adjacent to an activating group) is 1. The number of ether oxygens (including phenoxy) is 2. The van der Waals surface area contributed by atoms with Gasteiger partial charge in [-0.05, 0) is 98.5 Å². The van der Waals surface area contributed by atoms with Crippen LogP contribution in [0.3, 0.4) is 0 Å². The van der Waals surface area contributed by atoms with Gasteiger partial charge in [-0.25, -0.2) is 0 Å². The highest BCUT2D eigenvalue weighted by Crippen LogP contribution is 2.44. The van der Waals surface area contributed by atoms with E-state index >= 15 is 0 Å². The Labute approximate surface area is 273 Å². The number of hydrogen-bond acceptors (Lipinski definition) is 6. The lowest BCUT2D eigenvalue weighted by molar-refractivity contribution is -0.135. The molecule has 8 heteroatoms. The van der Waals surface area contributed by atoms with Gasteiger partial charge in [-0.15, -0.1) is 0 Å². The SMILES string of the molecule is COc1cc2c(cc1OC(C)C)[C@H](c1ccccc1)N(c1ccc(N(C)CC3CCC(N4CCN(C)C(=O)C4)CC3)cc1)C(=O)C2. The zero-order valence-electron chi connectivity index (χ0n) is 27.9. The molecular weight excluding hydrogens is 576 g/mol. The van der Waals surface area contributed by atoms with Gasteiger partial charge in [-0.1, -0.05) is 30.3 Å². The molecule has 1 atom stereocenters. The number of amides is 2. The molecule has 0 spiro atoms. The zero-order chi connectivity index (χ0) is 32.4. The molecule has 8 nitrogen and oxygen atoms in total. The fourth-order valence-corrected chi connectivity index (χ4v) is 7.46. The van der Waals surface area contributed by atoms with E-state index < -0.39 is 0 Å². The maximum atomic E-state index is 13.9. The fourth-order valence-electron chi connectivity index (χ4n) is 7.46. The van der Waals surface area contributed by atoms with E-state index in [9.17, 15) is 9.59 Å². The minimum atomic E-state index is -0.285. The molecule has 3 aliphatic rings. The number of fused-ring (bicyclic) bond motifs is 1. The van der Waals surface area contributed by atoms with Gasteiger partial charge in [0.2, 0.25) is 11.8 Å². The predicted octanol–water partition coefficient (Wildman–Crippen LogP) is 5.93. The summed E-state index contributed by atoms with van der Waals surface area (Å²) in [5.41, 5.74) is 5.10. The minimum Gasteiger partial charge on any atom is -0.493 e. The number of methoxy groups -OCH3 is 1. The molecule has 0 N–H and O–H groups in total. The topological polar surface area (TPSA) is 65.6 Å². The van der Waals surface area contributed by atoms with E-state index in [0.717, 1.165) is 60.5 Å². The second kappa shape index (κ2) is 13.8. The first-order chi connectivity index (χ1) is 22.2. The number of nitrogens with zero attached hydrogens (tertiary/aromatic N) is 4. The van der Waals surface area contributed by atoms with Crippen molar-refractivity contribution >= 4 is 23.2 Å². The molecule has 1 saturated heterocycles. The molecule has 2 amide bonds. The smallest absolute Gasteiger partial charge is 0.236 e. The predicted molar refractivity (Wildman–Crippen MR) is 183 cm³/mol. The molecule has 0 bridgehead atoms. The number of benzene rings is 3. The van der Waals surface area contributed by atoms with Crippen LogP contribution >= 0.6 is 0 Å². The van der Waals surface area contributed by atoms with Crippen LogP contribution in [-0.2, 0) is 16.0 Å². The Balaban J connectivity index is 1.18. The molecule has 3 aromatic rings. The molecule has 0 unspecified atom stereocenters. The molecule has 1 saturated carbocycles. The van der Waals surface area contributed by atoms with Gasteiger partial charge >= 0.3 is 0 Å². The van der Waals surface area contributed by atoms with Crippen LogP contribution < -0.4 is 19.3 Å². The van der Waals surface area contributed by atoms with E-state index in [0.29, 0.717) is 36.4 Å². The van der Waals surface area contributed by atoms with Crippen molar-refractivity contribution in [3.63, 3.8) is 0 Å². The van der Waals surface area contributed by atoms with E-state index in [1.807, 2.05) is 55.0 Å². The summed E-state index contributed by atoms with van der Waals surface area (Å²) in [6.07, 6.45) is 4.96. The quantitative estimate of drug-likeness (QED) is 0.294. The monoisotopic (exact) mass is 624 g/mol. The summed E-state index contributed by atoms with van der Waals surface area (Å²) in [4.78, 5) is 34.6. The van der Waals surface area contributed by atoms with E-state index in [1.165, 1.54) is 12.8 Å². The number of piperazine rings is 1. The number of carbonyl (C=O) groups is 2. The van der Waals surface area contributed by atoms with Crippen LogP contribution in [0.15, 0.2) is 66.7 Å².